The van der Waals surface area contributed by atoms with E-state index in [1.54, 1.807) is 37.3 Å². The maximum Gasteiger partial charge on any atom is 0.348 e. The zero-order chi connectivity index (χ0) is 20.0. The first-order valence-corrected chi connectivity index (χ1v) is 8.88. The van der Waals surface area contributed by atoms with Gasteiger partial charge in [0.25, 0.3) is 0 Å². The summed E-state index contributed by atoms with van der Waals surface area (Å²) in [5, 5.41) is 2.78. The minimum atomic E-state index is -0.672. The SMILES string of the molecule is COC(=O)c1sc(NC(=O)CCC(=O)c2ccccc2)c(C(=O)OC)c1C. The van der Waals surface area contributed by atoms with Gasteiger partial charge in [-0.15, -0.1) is 11.3 Å². The zero-order valence-electron chi connectivity index (χ0n) is 15.2. The Hall–Kier alpha value is -3.00. The van der Waals surface area contributed by atoms with Crippen molar-refractivity contribution in [3.8, 4) is 0 Å². The molecule has 0 bridgehead atoms. The van der Waals surface area contributed by atoms with E-state index in [4.69, 9.17) is 9.47 Å². The standard InChI is InChI=1S/C19H19NO6S/c1-11-15(18(23)25-2)17(27-16(11)19(24)26-3)20-14(22)10-9-13(21)12-7-5-4-6-8-12/h4-8H,9-10H2,1-3H3,(H,20,22). The summed E-state index contributed by atoms with van der Waals surface area (Å²) in [7, 11) is 2.44. The van der Waals surface area contributed by atoms with Crippen LogP contribution < -0.4 is 5.32 Å². The smallest absolute Gasteiger partial charge is 0.348 e. The highest BCUT2D eigenvalue weighted by atomic mass is 32.1. The topological polar surface area (TPSA) is 98.8 Å². The highest BCUT2D eigenvalue weighted by Crippen LogP contribution is 2.34. The Morgan fingerprint density at radius 2 is 1.59 bits per heavy atom. The van der Waals surface area contributed by atoms with Gasteiger partial charge >= 0.3 is 11.9 Å². The number of rotatable bonds is 7. The Morgan fingerprint density at radius 3 is 2.19 bits per heavy atom. The number of nitrogens with one attached hydrogen (secondary N) is 1. The van der Waals surface area contributed by atoms with Crippen molar-refractivity contribution in [2.24, 2.45) is 0 Å². The summed E-state index contributed by atoms with van der Waals surface area (Å²) < 4.78 is 9.43. The van der Waals surface area contributed by atoms with E-state index in [0.717, 1.165) is 11.3 Å². The van der Waals surface area contributed by atoms with Crippen LogP contribution in [-0.2, 0) is 14.3 Å². The molecule has 2 aromatic rings. The van der Waals surface area contributed by atoms with Crippen LogP contribution >= 0.6 is 11.3 Å². The Morgan fingerprint density at radius 1 is 0.963 bits per heavy atom. The molecule has 1 aromatic carbocycles. The fraction of sp³-hybridized carbons (Fsp3) is 0.263. The molecule has 1 heterocycles. The maximum absolute atomic E-state index is 12.2. The van der Waals surface area contributed by atoms with Crippen molar-refractivity contribution in [1.82, 2.24) is 0 Å². The van der Waals surface area contributed by atoms with E-state index in [-0.39, 0.29) is 34.1 Å². The van der Waals surface area contributed by atoms with Gasteiger partial charge in [0.2, 0.25) is 5.91 Å². The lowest BCUT2D eigenvalue weighted by Gasteiger charge is -2.06. The summed E-state index contributed by atoms with van der Waals surface area (Å²) in [6.45, 7) is 1.57. The van der Waals surface area contributed by atoms with Crippen molar-refractivity contribution in [2.75, 3.05) is 19.5 Å². The molecule has 0 fully saturated rings. The van der Waals surface area contributed by atoms with Crippen molar-refractivity contribution >= 4 is 40.0 Å². The number of Topliss-reactive ketones (excluding diaryl/α,β-unsaturated/α-hetero) is 1. The fourth-order valence-electron chi connectivity index (χ4n) is 2.42. The predicted octanol–water partition coefficient (Wildman–Crippen LogP) is 3.23. The number of hydrogen-bond acceptors (Lipinski definition) is 7. The van der Waals surface area contributed by atoms with Gasteiger partial charge in [0.1, 0.15) is 9.88 Å². The highest BCUT2D eigenvalue weighted by molar-refractivity contribution is 7.18. The second-order valence-electron chi connectivity index (χ2n) is 5.58. The molecule has 27 heavy (non-hydrogen) atoms. The first kappa shape index (κ1) is 20.3. The lowest BCUT2D eigenvalue weighted by atomic mass is 10.1. The molecule has 0 unspecified atom stereocenters. The van der Waals surface area contributed by atoms with E-state index in [0.29, 0.717) is 11.1 Å². The van der Waals surface area contributed by atoms with Gasteiger partial charge in [-0.25, -0.2) is 9.59 Å². The predicted molar refractivity (Wildman–Crippen MR) is 100 cm³/mol. The molecule has 0 saturated carbocycles. The van der Waals surface area contributed by atoms with E-state index < -0.39 is 17.8 Å². The molecule has 0 aliphatic carbocycles. The van der Waals surface area contributed by atoms with Crippen molar-refractivity contribution in [1.29, 1.82) is 0 Å². The van der Waals surface area contributed by atoms with Gasteiger partial charge in [-0.2, -0.15) is 0 Å². The Kier molecular flexibility index (Phi) is 6.84. The number of carbonyl (C=O) groups is 4. The molecule has 0 saturated heterocycles. The third kappa shape index (κ3) is 4.79. The van der Waals surface area contributed by atoms with E-state index >= 15 is 0 Å². The molecule has 0 aliphatic rings. The van der Waals surface area contributed by atoms with Crippen molar-refractivity contribution in [3.63, 3.8) is 0 Å². The molecule has 142 valence electrons. The van der Waals surface area contributed by atoms with Crippen molar-refractivity contribution in [3.05, 3.63) is 51.9 Å². The third-order valence-corrected chi connectivity index (χ3v) is 5.02. The number of carbonyl (C=O) groups excluding carboxylic acids is 4. The summed E-state index contributed by atoms with van der Waals surface area (Å²) >= 11 is 0.929. The van der Waals surface area contributed by atoms with E-state index in [1.807, 2.05) is 0 Å². The first-order chi connectivity index (χ1) is 12.9. The summed E-state index contributed by atoms with van der Waals surface area (Å²) in [6.07, 6.45) is -0.0313. The fourth-order valence-corrected chi connectivity index (χ4v) is 3.55. The van der Waals surface area contributed by atoms with Gasteiger partial charge in [-0.3, -0.25) is 9.59 Å². The summed E-state index contributed by atoms with van der Waals surface area (Å²) in [5.41, 5.74) is 1.00. The summed E-state index contributed by atoms with van der Waals surface area (Å²) in [5.74, 6) is -1.88. The van der Waals surface area contributed by atoms with Crippen LogP contribution in [0.4, 0.5) is 5.00 Å². The number of anilines is 1. The number of amides is 1. The van der Waals surface area contributed by atoms with Crippen LogP contribution in [0.3, 0.4) is 0 Å². The molecule has 0 atom stereocenters. The Bertz CT molecular complexity index is 872. The van der Waals surface area contributed by atoms with Gasteiger partial charge in [0.15, 0.2) is 5.78 Å². The first-order valence-electron chi connectivity index (χ1n) is 8.07. The van der Waals surface area contributed by atoms with Crippen molar-refractivity contribution < 1.29 is 28.7 Å². The van der Waals surface area contributed by atoms with Crippen LogP contribution in [0.1, 0.15) is 48.8 Å². The van der Waals surface area contributed by atoms with E-state index in [1.165, 1.54) is 14.2 Å². The molecular weight excluding hydrogens is 370 g/mol. The van der Waals surface area contributed by atoms with Crippen LogP contribution in [0.15, 0.2) is 30.3 Å². The van der Waals surface area contributed by atoms with E-state index in [9.17, 15) is 19.2 Å². The number of methoxy groups -OCH3 is 2. The quantitative estimate of drug-likeness (QED) is 0.577. The lowest BCUT2D eigenvalue weighted by molar-refractivity contribution is -0.116. The average Bonchev–Trinajstić information content (AvgIpc) is 3.01. The molecule has 8 heteroatoms. The van der Waals surface area contributed by atoms with Crippen LogP contribution in [0.25, 0.3) is 0 Å². The molecule has 1 amide bonds. The lowest BCUT2D eigenvalue weighted by Crippen LogP contribution is -2.15. The number of ether oxygens (including phenoxy) is 2. The third-order valence-electron chi connectivity index (χ3n) is 3.83. The minimum Gasteiger partial charge on any atom is -0.465 e. The number of ketones is 1. The molecule has 1 aromatic heterocycles. The molecular formula is C19H19NO6S. The van der Waals surface area contributed by atoms with Crippen LogP contribution in [0.2, 0.25) is 0 Å². The number of benzene rings is 1. The zero-order valence-corrected chi connectivity index (χ0v) is 16.0. The number of thiophene rings is 1. The second kappa shape index (κ2) is 9.09. The Balaban J connectivity index is 2.13. The Labute approximate surface area is 160 Å². The molecule has 1 N–H and O–H groups in total. The van der Waals surface area contributed by atoms with Gasteiger partial charge in [0.05, 0.1) is 19.8 Å². The molecule has 7 nitrogen and oxygen atoms in total. The highest BCUT2D eigenvalue weighted by Gasteiger charge is 2.26. The summed E-state index contributed by atoms with van der Waals surface area (Å²) in [4.78, 5) is 48.4. The van der Waals surface area contributed by atoms with Gasteiger partial charge in [0, 0.05) is 18.4 Å². The largest absolute Gasteiger partial charge is 0.465 e. The van der Waals surface area contributed by atoms with Crippen LogP contribution in [0, 0.1) is 6.92 Å². The molecule has 0 aliphatic heterocycles. The van der Waals surface area contributed by atoms with Gasteiger partial charge in [-0.1, -0.05) is 30.3 Å². The normalized spacial score (nSPS) is 10.2. The van der Waals surface area contributed by atoms with Gasteiger partial charge in [-0.05, 0) is 12.5 Å². The van der Waals surface area contributed by atoms with E-state index in [2.05, 4.69) is 5.32 Å². The number of hydrogen-bond donors (Lipinski definition) is 1. The molecule has 2 rings (SSSR count). The van der Waals surface area contributed by atoms with Crippen molar-refractivity contribution in [2.45, 2.75) is 19.8 Å². The van der Waals surface area contributed by atoms with Crippen LogP contribution in [-0.4, -0.2) is 37.8 Å². The average molecular weight is 389 g/mol. The minimum absolute atomic E-state index is 0.0254. The second-order valence-corrected chi connectivity index (χ2v) is 6.60. The monoisotopic (exact) mass is 389 g/mol. The maximum atomic E-state index is 12.2. The molecule has 0 spiro atoms. The molecule has 0 radical (unpaired) electrons. The number of esters is 2. The van der Waals surface area contributed by atoms with Crippen LogP contribution in [0.5, 0.6) is 0 Å². The van der Waals surface area contributed by atoms with Gasteiger partial charge < -0.3 is 14.8 Å². The summed E-state index contributed by atoms with van der Waals surface area (Å²) in [6, 6.07) is 8.66.